The quantitative estimate of drug-likeness (QED) is 0.633. The molecule has 6 heteroatoms. The van der Waals surface area contributed by atoms with E-state index in [1.54, 1.807) is 35.2 Å². The Morgan fingerprint density at radius 3 is 2.77 bits per heavy atom. The number of methoxy groups -OCH3 is 1. The molecule has 3 rings (SSSR count). The number of nitrogens with zero attached hydrogens (tertiary/aromatic N) is 2. The fourth-order valence-electron chi connectivity index (χ4n) is 2.48. The zero-order chi connectivity index (χ0) is 15.7. The van der Waals surface area contributed by atoms with Gasteiger partial charge in [0.25, 0.3) is 5.56 Å². The summed E-state index contributed by atoms with van der Waals surface area (Å²) in [6.07, 6.45) is 0.871. The van der Waals surface area contributed by atoms with E-state index < -0.39 is 0 Å². The topological polar surface area (TPSA) is 44.1 Å². The van der Waals surface area contributed by atoms with Crippen molar-refractivity contribution < 1.29 is 4.74 Å². The molecule has 116 valence electrons. The molecule has 2 aromatic rings. The summed E-state index contributed by atoms with van der Waals surface area (Å²) in [7, 11) is 1.63. The molecule has 0 saturated heterocycles. The maximum absolute atomic E-state index is 12.9. The minimum Gasteiger partial charge on any atom is -0.497 e. The molecule has 0 amide bonds. The van der Waals surface area contributed by atoms with Crippen LogP contribution in [-0.4, -0.2) is 27.7 Å². The molecule has 1 aliphatic rings. The van der Waals surface area contributed by atoms with Gasteiger partial charge in [0, 0.05) is 11.7 Å². The Labute approximate surface area is 138 Å². The summed E-state index contributed by atoms with van der Waals surface area (Å²) < 4.78 is 6.91. The van der Waals surface area contributed by atoms with Gasteiger partial charge in [0.2, 0.25) is 0 Å². The monoisotopic (exact) mass is 334 g/mol. The molecule has 0 fully saturated rings. The van der Waals surface area contributed by atoms with Crippen molar-refractivity contribution >= 4 is 23.5 Å². The van der Waals surface area contributed by atoms with Gasteiger partial charge in [-0.1, -0.05) is 25.6 Å². The van der Waals surface area contributed by atoms with Crippen LogP contribution >= 0.6 is 23.5 Å². The van der Waals surface area contributed by atoms with E-state index in [9.17, 15) is 4.79 Å². The predicted octanol–water partition coefficient (Wildman–Crippen LogP) is 3.39. The van der Waals surface area contributed by atoms with Crippen LogP contribution in [-0.2, 0) is 6.42 Å². The molecule has 2 heterocycles. The maximum Gasteiger partial charge on any atom is 0.272 e. The molecule has 1 aromatic heterocycles. The summed E-state index contributed by atoms with van der Waals surface area (Å²) in [5.41, 5.74) is 1.82. The van der Waals surface area contributed by atoms with Gasteiger partial charge in [0.1, 0.15) is 5.75 Å². The standard InChI is InChI=1S/C16H18N2O2S2/c1-4-21-16-17-13-9-10(2)22-14(13)15(19)18(16)11-5-7-12(20-3)8-6-11/h5-8,10H,4,9H2,1-3H3. The van der Waals surface area contributed by atoms with Gasteiger partial charge in [-0.15, -0.1) is 11.8 Å². The highest BCUT2D eigenvalue weighted by Crippen LogP contribution is 2.34. The first-order valence-electron chi connectivity index (χ1n) is 7.23. The first-order chi connectivity index (χ1) is 10.6. The Morgan fingerprint density at radius 1 is 1.41 bits per heavy atom. The Hall–Kier alpha value is -1.40. The number of ether oxygens (including phenoxy) is 1. The van der Waals surface area contributed by atoms with Gasteiger partial charge in [0.15, 0.2) is 5.16 Å². The van der Waals surface area contributed by atoms with Crippen molar-refractivity contribution in [3.63, 3.8) is 0 Å². The van der Waals surface area contributed by atoms with E-state index in [0.717, 1.165) is 39.4 Å². The average molecular weight is 334 g/mol. The molecule has 22 heavy (non-hydrogen) atoms. The van der Waals surface area contributed by atoms with E-state index in [-0.39, 0.29) is 5.56 Å². The molecule has 1 aliphatic heterocycles. The number of rotatable bonds is 4. The fourth-order valence-corrected chi connectivity index (χ4v) is 4.34. The van der Waals surface area contributed by atoms with Crippen molar-refractivity contribution in [1.29, 1.82) is 0 Å². The van der Waals surface area contributed by atoms with E-state index in [2.05, 4.69) is 13.8 Å². The largest absolute Gasteiger partial charge is 0.497 e. The van der Waals surface area contributed by atoms with Gasteiger partial charge in [-0.3, -0.25) is 9.36 Å². The lowest BCUT2D eigenvalue weighted by molar-refractivity contribution is 0.414. The lowest BCUT2D eigenvalue weighted by atomic mass is 10.2. The number of hydrogen-bond acceptors (Lipinski definition) is 5. The third-order valence-corrected chi connectivity index (χ3v) is 5.52. The molecule has 0 bridgehead atoms. The molecule has 0 spiro atoms. The average Bonchev–Trinajstić information content (AvgIpc) is 2.89. The zero-order valence-electron chi connectivity index (χ0n) is 12.8. The van der Waals surface area contributed by atoms with Crippen LogP contribution in [0.5, 0.6) is 5.75 Å². The minimum absolute atomic E-state index is 0.0421. The van der Waals surface area contributed by atoms with Crippen LogP contribution in [0.1, 0.15) is 19.5 Å². The van der Waals surface area contributed by atoms with Crippen LogP contribution in [0, 0.1) is 0 Å². The highest BCUT2D eigenvalue weighted by molar-refractivity contribution is 8.00. The van der Waals surface area contributed by atoms with Gasteiger partial charge in [0.05, 0.1) is 23.4 Å². The van der Waals surface area contributed by atoms with Crippen LogP contribution in [0.4, 0.5) is 0 Å². The summed E-state index contributed by atoms with van der Waals surface area (Å²) in [5, 5.41) is 1.19. The maximum atomic E-state index is 12.9. The molecule has 0 saturated carbocycles. The fraction of sp³-hybridized carbons (Fsp3) is 0.375. The molecule has 1 atom stereocenters. The van der Waals surface area contributed by atoms with Crippen LogP contribution in [0.15, 0.2) is 39.1 Å². The van der Waals surface area contributed by atoms with E-state index >= 15 is 0 Å². The number of fused-ring (bicyclic) bond motifs is 1. The Kier molecular flexibility index (Phi) is 4.49. The van der Waals surface area contributed by atoms with Gasteiger partial charge in [-0.25, -0.2) is 4.98 Å². The molecule has 0 radical (unpaired) electrons. The highest BCUT2D eigenvalue weighted by atomic mass is 32.2. The van der Waals surface area contributed by atoms with Crippen molar-refractivity contribution in [3.8, 4) is 11.4 Å². The van der Waals surface area contributed by atoms with Crippen molar-refractivity contribution in [2.75, 3.05) is 12.9 Å². The minimum atomic E-state index is 0.0421. The molecular formula is C16H18N2O2S2. The Balaban J connectivity index is 2.16. The summed E-state index contributed by atoms with van der Waals surface area (Å²) in [5.74, 6) is 1.66. The van der Waals surface area contributed by atoms with Gasteiger partial charge >= 0.3 is 0 Å². The van der Waals surface area contributed by atoms with Crippen molar-refractivity contribution in [1.82, 2.24) is 9.55 Å². The van der Waals surface area contributed by atoms with Crippen molar-refractivity contribution in [2.24, 2.45) is 0 Å². The molecule has 0 N–H and O–H groups in total. The van der Waals surface area contributed by atoms with Gasteiger partial charge < -0.3 is 4.74 Å². The van der Waals surface area contributed by atoms with Crippen LogP contribution in [0.3, 0.4) is 0 Å². The first kappa shape index (κ1) is 15.5. The van der Waals surface area contributed by atoms with E-state index in [1.807, 2.05) is 24.3 Å². The molecule has 1 aromatic carbocycles. The molecule has 1 unspecified atom stereocenters. The smallest absolute Gasteiger partial charge is 0.272 e. The zero-order valence-corrected chi connectivity index (χ0v) is 14.5. The molecule has 0 aliphatic carbocycles. The normalized spacial score (nSPS) is 16.6. The lowest BCUT2D eigenvalue weighted by Crippen LogP contribution is -2.23. The number of benzene rings is 1. The van der Waals surface area contributed by atoms with E-state index in [0.29, 0.717) is 5.25 Å². The second-order valence-corrected chi connectivity index (χ2v) is 7.75. The van der Waals surface area contributed by atoms with Gasteiger partial charge in [-0.05, 0) is 30.0 Å². The number of thioether (sulfide) groups is 2. The summed E-state index contributed by atoms with van der Waals surface area (Å²) in [4.78, 5) is 18.5. The Morgan fingerprint density at radius 2 is 2.14 bits per heavy atom. The Bertz CT molecular complexity index is 741. The van der Waals surface area contributed by atoms with E-state index in [4.69, 9.17) is 9.72 Å². The number of aromatic nitrogens is 2. The third kappa shape index (κ3) is 2.77. The van der Waals surface area contributed by atoms with Crippen LogP contribution < -0.4 is 10.3 Å². The van der Waals surface area contributed by atoms with Crippen molar-refractivity contribution in [2.45, 2.75) is 35.6 Å². The molecule has 4 nitrogen and oxygen atoms in total. The van der Waals surface area contributed by atoms with Crippen LogP contribution in [0.25, 0.3) is 5.69 Å². The second-order valence-electron chi connectivity index (χ2n) is 5.07. The lowest BCUT2D eigenvalue weighted by Gasteiger charge is -2.13. The summed E-state index contributed by atoms with van der Waals surface area (Å²) in [6.45, 7) is 4.20. The number of hydrogen-bond donors (Lipinski definition) is 0. The summed E-state index contributed by atoms with van der Waals surface area (Å²) in [6, 6.07) is 7.53. The van der Waals surface area contributed by atoms with Crippen molar-refractivity contribution in [3.05, 3.63) is 40.3 Å². The second kappa shape index (κ2) is 6.38. The van der Waals surface area contributed by atoms with Gasteiger partial charge in [-0.2, -0.15) is 0 Å². The summed E-state index contributed by atoms with van der Waals surface area (Å²) >= 11 is 3.23. The third-order valence-electron chi connectivity index (χ3n) is 3.49. The predicted molar refractivity (Wildman–Crippen MR) is 91.8 cm³/mol. The van der Waals surface area contributed by atoms with Crippen LogP contribution in [0.2, 0.25) is 0 Å². The molecular weight excluding hydrogens is 316 g/mol. The SMILES string of the molecule is CCSc1nc2c(c(=O)n1-c1ccc(OC)cc1)SC(C)C2. The van der Waals surface area contributed by atoms with E-state index in [1.165, 1.54) is 0 Å². The highest BCUT2D eigenvalue weighted by Gasteiger charge is 2.26. The first-order valence-corrected chi connectivity index (χ1v) is 9.10.